The van der Waals surface area contributed by atoms with Crippen molar-refractivity contribution >= 4 is 17.7 Å². The smallest absolute Gasteiger partial charge is 0.324 e. The van der Waals surface area contributed by atoms with E-state index in [0.717, 1.165) is 18.5 Å². The number of rotatable bonds is 4. The van der Waals surface area contributed by atoms with Crippen LogP contribution in [0.3, 0.4) is 0 Å². The Bertz CT molecular complexity index is 484. The molecule has 1 aromatic rings. The molecule has 0 aliphatic carbocycles. The van der Waals surface area contributed by atoms with Gasteiger partial charge in [0.1, 0.15) is 0 Å². The highest BCUT2D eigenvalue weighted by Gasteiger charge is 2.25. The van der Waals surface area contributed by atoms with Crippen LogP contribution in [0.5, 0.6) is 0 Å². The number of urea groups is 1. The largest absolute Gasteiger partial charge is 0.481 e. The molecule has 0 bridgehead atoms. The molecule has 21 heavy (non-hydrogen) atoms. The van der Waals surface area contributed by atoms with Gasteiger partial charge in [0.2, 0.25) is 0 Å². The summed E-state index contributed by atoms with van der Waals surface area (Å²) < 4.78 is 0. The summed E-state index contributed by atoms with van der Waals surface area (Å²) in [6, 6.07) is 3.63. The molecule has 2 amide bonds. The summed E-state index contributed by atoms with van der Waals surface area (Å²) in [6.07, 6.45) is 6.01. The van der Waals surface area contributed by atoms with Crippen LogP contribution in [0.25, 0.3) is 0 Å². The Morgan fingerprint density at radius 2 is 2.14 bits per heavy atom. The topological polar surface area (TPSA) is 73.7 Å². The average molecular weight is 291 g/mol. The van der Waals surface area contributed by atoms with Crippen molar-refractivity contribution < 1.29 is 14.7 Å². The van der Waals surface area contributed by atoms with Gasteiger partial charge in [-0.2, -0.15) is 0 Å². The Labute approximate surface area is 124 Å². The molecule has 1 N–H and O–H groups in total. The van der Waals surface area contributed by atoms with Crippen molar-refractivity contribution in [2.75, 3.05) is 25.0 Å². The molecular weight excluding hydrogens is 270 g/mol. The number of likely N-dealkylation sites (tertiary alicyclic amines) is 1. The van der Waals surface area contributed by atoms with Crippen LogP contribution in [0.2, 0.25) is 0 Å². The number of carboxylic acids is 1. The lowest BCUT2D eigenvalue weighted by Crippen LogP contribution is -2.45. The lowest BCUT2D eigenvalue weighted by molar-refractivity contribution is -0.137. The number of pyridine rings is 1. The van der Waals surface area contributed by atoms with Gasteiger partial charge < -0.3 is 10.0 Å². The van der Waals surface area contributed by atoms with Crippen LogP contribution >= 0.6 is 0 Å². The Hall–Kier alpha value is -2.11. The first-order valence-corrected chi connectivity index (χ1v) is 7.22. The molecule has 0 spiro atoms. The fourth-order valence-corrected chi connectivity index (χ4v) is 2.62. The third-order valence-electron chi connectivity index (χ3n) is 3.97. The minimum absolute atomic E-state index is 0.0281. The Balaban J connectivity index is 1.84. The number of aliphatic carboxylic acids is 1. The van der Waals surface area contributed by atoms with E-state index < -0.39 is 5.97 Å². The molecule has 1 fully saturated rings. The number of piperidine rings is 1. The molecule has 114 valence electrons. The van der Waals surface area contributed by atoms with Crippen molar-refractivity contribution in [3.63, 3.8) is 0 Å². The van der Waals surface area contributed by atoms with Gasteiger partial charge in [0, 0.05) is 32.8 Å². The molecule has 6 nitrogen and oxygen atoms in total. The van der Waals surface area contributed by atoms with E-state index in [0.29, 0.717) is 25.4 Å². The third-order valence-corrected chi connectivity index (χ3v) is 3.97. The fourth-order valence-electron chi connectivity index (χ4n) is 2.62. The summed E-state index contributed by atoms with van der Waals surface area (Å²) in [7, 11) is 1.75. The van der Waals surface area contributed by atoms with Gasteiger partial charge >= 0.3 is 12.0 Å². The molecule has 0 radical (unpaired) electrons. The van der Waals surface area contributed by atoms with Crippen molar-refractivity contribution in [2.45, 2.75) is 25.7 Å². The number of anilines is 1. The molecule has 0 atom stereocenters. The van der Waals surface area contributed by atoms with E-state index in [1.165, 1.54) is 0 Å². The van der Waals surface area contributed by atoms with Crippen LogP contribution in [0.15, 0.2) is 24.5 Å². The zero-order valence-corrected chi connectivity index (χ0v) is 12.2. The van der Waals surface area contributed by atoms with Gasteiger partial charge in [-0.1, -0.05) is 0 Å². The first-order chi connectivity index (χ1) is 10.1. The lowest BCUT2D eigenvalue weighted by Gasteiger charge is -2.34. The van der Waals surface area contributed by atoms with Crippen LogP contribution in [0.1, 0.15) is 25.7 Å². The van der Waals surface area contributed by atoms with Gasteiger partial charge in [-0.15, -0.1) is 0 Å². The van der Waals surface area contributed by atoms with E-state index in [1.807, 2.05) is 11.0 Å². The second-order valence-electron chi connectivity index (χ2n) is 5.42. The Kier molecular flexibility index (Phi) is 5.14. The normalized spacial score (nSPS) is 15.8. The minimum Gasteiger partial charge on any atom is -0.481 e. The first-order valence-electron chi connectivity index (χ1n) is 7.22. The molecule has 1 saturated heterocycles. The van der Waals surface area contributed by atoms with Crippen LogP contribution < -0.4 is 4.90 Å². The number of aromatic nitrogens is 1. The molecule has 0 aromatic carbocycles. The van der Waals surface area contributed by atoms with Crippen molar-refractivity contribution in [3.05, 3.63) is 24.5 Å². The zero-order chi connectivity index (χ0) is 15.2. The molecule has 2 heterocycles. The first kappa shape index (κ1) is 15.3. The highest BCUT2D eigenvalue weighted by atomic mass is 16.4. The molecule has 6 heteroatoms. The number of carboxylic acid groups (broad SMARTS) is 1. The van der Waals surface area contributed by atoms with Crippen LogP contribution in [0.4, 0.5) is 10.5 Å². The minimum atomic E-state index is -0.746. The molecule has 1 aliphatic rings. The summed E-state index contributed by atoms with van der Waals surface area (Å²) in [5, 5.41) is 8.71. The van der Waals surface area contributed by atoms with E-state index >= 15 is 0 Å². The highest BCUT2D eigenvalue weighted by molar-refractivity contribution is 5.91. The van der Waals surface area contributed by atoms with E-state index in [4.69, 9.17) is 5.11 Å². The summed E-state index contributed by atoms with van der Waals surface area (Å²) >= 11 is 0. The Morgan fingerprint density at radius 3 is 2.71 bits per heavy atom. The van der Waals surface area contributed by atoms with Crippen LogP contribution in [-0.2, 0) is 4.79 Å². The van der Waals surface area contributed by atoms with Crippen LogP contribution in [-0.4, -0.2) is 47.1 Å². The van der Waals surface area contributed by atoms with E-state index in [9.17, 15) is 9.59 Å². The molecule has 1 aliphatic heterocycles. The second kappa shape index (κ2) is 7.06. The molecule has 0 unspecified atom stereocenters. The summed E-state index contributed by atoms with van der Waals surface area (Å²) in [5.41, 5.74) is 0.774. The monoisotopic (exact) mass is 291 g/mol. The fraction of sp³-hybridized carbons (Fsp3) is 0.533. The lowest BCUT2D eigenvalue weighted by atomic mass is 9.92. The van der Waals surface area contributed by atoms with Crippen molar-refractivity contribution in [2.24, 2.45) is 5.92 Å². The van der Waals surface area contributed by atoms with Crippen molar-refractivity contribution in [1.29, 1.82) is 0 Å². The number of nitrogens with zero attached hydrogens (tertiary/aromatic N) is 3. The third kappa shape index (κ3) is 4.18. The summed E-state index contributed by atoms with van der Waals surface area (Å²) in [4.78, 5) is 30.4. The zero-order valence-electron chi connectivity index (χ0n) is 12.2. The maximum Gasteiger partial charge on any atom is 0.324 e. The predicted molar refractivity (Wildman–Crippen MR) is 79.2 cm³/mol. The maximum atomic E-state index is 12.4. The van der Waals surface area contributed by atoms with Gasteiger partial charge in [0.25, 0.3) is 0 Å². The highest BCUT2D eigenvalue weighted by Crippen LogP contribution is 2.23. The quantitative estimate of drug-likeness (QED) is 0.923. The van der Waals surface area contributed by atoms with Crippen molar-refractivity contribution in [1.82, 2.24) is 9.88 Å². The van der Waals surface area contributed by atoms with Gasteiger partial charge in [0.15, 0.2) is 0 Å². The van der Waals surface area contributed by atoms with Gasteiger partial charge in [-0.25, -0.2) is 4.79 Å². The SMILES string of the molecule is CN(C(=O)N1CCC(CCC(=O)O)CC1)c1cccnc1. The van der Waals surface area contributed by atoms with Crippen LogP contribution in [0, 0.1) is 5.92 Å². The maximum absolute atomic E-state index is 12.4. The average Bonchev–Trinajstić information content (AvgIpc) is 2.53. The second-order valence-corrected chi connectivity index (χ2v) is 5.42. The predicted octanol–water partition coefficient (Wildman–Crippen LogP) is 2.21. The Morgan fingerprint density at radius 1 is 1.43 bits per heavy atom. The number of carbonyl (C=O) groups is 2. The number of hydrogen-bond acceptors (Lipinski definition) is 3. The van der Waals surface area contributed by atoms with E-state index in [1.54, 1.807) is 30.4 Å². The molecule has 0 saturated carbocycles. The molecule has 1 aromatic heterocycles. The standard InChI is InChI=1S/C15H21N3O3/c1-17(13-3-2-8-16-11-13)15(21)18-9-6-12(7-10-18)4-5-14(19)20/h2-3,8,11-12H,4-7,9-10H2,1H3,(H,19,20). The van der Waals surface area contributed by atoms with E-state index in [2.05, 4.69) is 4.98 Å². The van der Waals surface area contributed by atoms with Gasteiger partial charge in [0.05, 0.1) is 11.9 Å². The van der Waals surface area contributed by atoms with Gasteiger partial charge in [-0.05, 0) is 37.3 Å². The molecular formula is C15H21N3O3. The van der Waals surface area contributed by atoms with Gasteiger partial charge in [-0.3, -0.25) is 14.7 Å². The summed E-state index contributed by atoms with van der Waals surface area (Å²) in [5.74, 6) is -0.335. The number of amides is 2. The summed E-state index contributed by atoms with van der Waals surface area (Å²) in [6.45, 7) is 1.38. The van der Waals surface area contributed by atoms with E-state index in [-0.39, 0.29) is 12.5 Å². The van der Waals surface area contributed by atoms with Crippen molar-refractivity contribution in [3.8, 4) is 0 Å². The number of hydrogen-bond donors (Lipinski definition) is 1. The number of carbonyl (C=O) groups excluding carboxylic acids is 1. The molecule has 2 rings (SSSR count).